The van der Waals surface area contributed by atoms with Crippen LogP contribution in [-0.4, -0.2) is 28.4 Å². The molecule has 0 fully saturated rings. The molecule has 1 aromatic rings. The molecule has 0 aromatic carbocycles. The first-order chi connectivity index (χ1) is 8.58. The van der Waals surface area contributed by atoms with Gasteiger partial charge in [-0.05, 0) is 25.3 Å². The third-order valence-corrected chi connectivity index (χ3v) is 3.23. The fourth-order valence-corrected chi connectivity index (χ4v) is 2.20. The summed E-state index contributed by atoms with van der Waals surface area (Å²) in [6.07, 6.45) is 2.38. The Morgan fingerprint density at radius 1 is 1.28 bits per heavy atom. The summed E-state index contributed by atoms with van der Waals surface area (Å²) in [7, 11) is 0. The van der Waals surface area contributed by atoms with Crippen molar-refractivity contribution in [2.75, 3.05) is 23.3 Å². The van der Waals surface area contributed by atoms with Crippen molar-refractivity contribution in [3.63, 3.8) is 0 Å². The molecule has 0 spiro atoms. The molecule has 1 heterocycles. The number of rotatable bonds is 7. The van der Waals surface area contributed by atoms with Crippen LogP contribution in [0.25, 0.3) is 0 Å². The van der Waals surface area contributed by atoms with Gasteiger partial charge in [0, 0.05) is 29.8 Å². The van der Waals surface area contributed by atoms with Crippen molar-refractivity contribution in [2.24, 2.45) is 0 Å². The Balaban J connectivity index is 2.95. The second-order valence-corrected chi connectivity index (χ2v) is 5.71. The minimum atomic E-state index is 0.447. The van der Waals surface area contributed by atoms with Crippen LogP contribution in [0.2, 0.25) is 0 Å². The highest BCUT2D eigenvalue weighted by Gasteiger charge is 2.12. The molecule has 0 saturated carbocycles. The molecule has 3 nitrogen and oxygen atoms in total. The number of nitrogens with zero attached hydrogens (tertiary/aromatic N) is 3. The lowest BCUT2D eigenvalue weighted by atomic mass is 10.1. The van der Waals surface area contributed by atoms with E-state index in [0.29, 0.717) is 5.92 Å². The first kappa shape index (κ1) is 15.4. The van der Waals surface area contributed by atoms with Crippen LogP contribution in [0.15, 0.2) is 6.07 Å². The largest absolute Gasteiger partial charge is 0.340 e. The molecule has 0 aliphatic rings. The van der Waals surface area contributed by atoms with Crippen LogP contribution < -0.4 is 4.90 Å². The molecule has 0 N–H and O–H groups in total. The Kier molecular flexibility index (Phi) is 6.61. The van der Waals surface area contributed by atoms with Gasteiger partial charge in [0.05, 0.1) is 0 Å². The van der Waals surface area contributed by atoms with Crippen LogP contribution in [0.3, 0.4) is 0 Å². The molecule has 1 aromatic heterocycles. The molecule has 0 atom stereocenters. The van der Waals surface area contributed by atoms with E-state index in [1.165, 1.54) is 12.8 Å². The van der Waals surface area contributed by atoms with Gasteiger partial charge in [-0.1, -0.05) is 43.1 Å². The van der Waals surface area contributed by atoms with Gasteiger partial charge >= 0.3 is 0 Å². The van der Waals surface area contributed by atoms with Gasteiger partial charge in [-0.25, -0.2) is 9.97 Å². The lowest BCUT2D eigenvalue weighted by molar-refractivity contribution is 0.705. The predicted octanol–water partition coefficient (Wildman–Crippen LogP) is 3.91. The molecule has 0 amide bonds. The molecule has 1 rings (SSSR count). The van der Waals surface area contributed by atoms with Crippen molar-refractivity contribution in [3.8, 4) is 0 Å². The average Bonchev–Trinajstić information content (AvgIpc) is 2.33. The summed E-state index contributed by atoms with van der Waals surface area (Å²) in [4.78, 5) is 11.6. The molecule has 0 bridgehead atoms. The zero-order valence-electron chi connectivity index (χ0n) is 11.9. The van der Waals surface area contributed by atoms with E-state index in [1.54, 1.807) is 0 Å². The summed E-state index contributed by atoms with van der Waals surface area (Å²) in [5.41, 5.74) is 2.19. The molecule has 0 aliphatic heterocycles. The second-order valence-electron chi connectivity index (χ2n) is 4.92. The third kappa shape index (κ3) is 4.56. The quantitative estimate of drug-likeness (QED) is 0.715. The SMILES string of the molecule is CCCCN(CCBr)c1nc(C)cc(C(C)C)n1. The number of hydrogen-bond donors (Lipinski definition) is 0. The lowest BCUT2D eigenvalue weighted by Gasteiger charge is -2.22. The molecule has 0 radical (unpaired) electrons. The number of anilines is 1. The molecule has 102 valence electrons. The highest BCUT2D eigenvalue weighted by atomic mass is 79.9. The van der Waals surface area contributed by atoms with E-state index < -0.39 is 0 Å². The number of unbranched alkanes of at least 4 members (excludes halogenated alkanes) is 1. The van der Waals surface area contributed by atoms with Crippen molar-refractivity contribution < 1.29 is 0 Å². The minimum absolute atomic E-state index is 0.447. The highest BCUT2D eigenvalue weighted by molar-refractivity contribution is 9.09. The molecular weight excluding hydrogens is 290 g/mol. The van der Waals surface area contributed by atoms with E-state index >= 15 is 0 Å². The van der Waals surface area contributed by atoms with E-state index in [-0.39, 0.29) is 0 Å². The van der Waals surface area contributed by atoms with Gasteiger partial charge in [-0.2, -0.15) is 0 Å². The van der Waals surface area contributed by atoms with Gasteiger partial charge < -0.3 is 4.90 Å². The zero-order valence-corrected chi connectivity index (χ0v) is 13.5. The fourth-order valence-electron chi connectivity index (χ4n) is 1.78. The topological polar surface area (TPSA) is 29.0 Å². The summed E-state index contributed by atoms with van der Waals surface area (Å²) in [5.74, 6) is 1.33. The fraction of sp³-hybridized carbons (Fsp3) is 0.714. The van der Waals surface area contributed by atoms with Crippen molar-refractivity contribution >= 4 is 21.9 Å². The average molecular weight is 314 g/mol. The minimum Gasteiger partial charge on any atom is -0.340 e. The van der Waals surface area contributed by atoms with Crippen LogP contribution in [0, 0.1) is 6.92 Å². The maximum absolute atomic E-state index is 4.70. The number of aryl methyl sites for hydroxylation is 1. The van der Waals surface area contributed by atoms with Crippen LogP contribution in [0.5, 0.6) is 0 Å². The number of halogens is 1. The van der Waals surface area contributed by atoms with E-state index in [0.717, 1.165) is 35.8 Å². The summed E-state index contributed by atoms with van der Waals surface area (Å²) >= 11 is 3.51. The maximum atomic E-state index is 4.70. The molecule has 0 saturated heterocycles. The van der Waals surface area contributed by atoms with Gasteiger partial charge in [-0.3, -0.25) is 0 Å². The Morgan fingerprint density at radius 3 is 2.56 bits per heavy atom. The van der Waals surface area contributed by atoms with Gasteiger partial charge in [0.2, 0.25) is 5.95 Å². The van der Waals surface area contributed by atoms with Crippen LogP contribution in [0.1, 0.15) is 50.9 Å². The second kappa shape index (κ2) is 7.72. The maximum Gasteiger partial charge on any atom is 0.225 e. The standard InChI is InChI=1S/C14H24BrN3/c1-5-6-8-18(9-7-15)14-16-12(4)10-13(17-14)11(2)3/h10-11H,5-9H2,1-4H3. The first-order valence-electron chi connectivity index (χ1n) is 6.75. The molecule has 18 heavy (non-hydrogen) atoms. The number of hydrogen-bond acceptors (Lipinski definition) is 3. The Hall–Kier alpha value is -0.640. The molecule has 0 aliphatic carbocycles. The van der Waals surface area contributed by atoms with Crippen molar-refractivity contribution in [1.82, 2.24) is 9.97 Å². The van der Waals surface area contributed by atoms with E-state index in [1.807, 2.05) is 6.92 Å². The predicted molar refractivity (Wildman–Crippen MR) is 81.8 cm³/mol. The Bertz CT molecular complexity index is 366. The van der Waals surface area contributed by atoms with Gasteiger partial charge in [0.15, 0.2) is 0 Å². The zero-order chi connectivity index (χ0) is 13.5. The summed E-state index contributed by atoms with van der Waals surface area (Å²) in [5, 5.41) is 0.949. The normalized spacial score (nSPS) is 11.0. The van der Waals surface area contributed by atoms with Crippen LogP contribution in [0.4, 0.5) is 5.95 Å². The Labute approximate surface area is 119 Å². The van der Waals surface area contributed by atoms with E-state index in [9.17, 15) is 0 Å². The summed E-state index contributed by atoms with van der Waals surface area (Å²) < 4.78 is 0. The highest BCUT2D eigenvalue weighted by Crippen LogP contribution is 2.17. The first-order valence-corrected chi connectivity index (χ1v) is 7.87. The van der Waals surface area contributed by atoms with E-state index in [2.05, 4.69) is 52.7 Å². The van der Waals surface area contributed by atoms with Crippen LogP contribution in [-0.2, 0) is 0 Å². The molecule has 0 unspecified atom stereocenters. The smallest absolute Gasteiger partial charge is 0.225 e. The summed E-state index contributed by atoms with van der Waals surface area (Å²) in [6, 6.07) is 2.08. The van der Waals surface area contributed by atoms with Gasteiger partial charge in [-0.15, -0.1) is 0 Å². The molecular formula is C14H24BrN3. The van der Waals surface area contributed by atoms with Crippen molar-refractivity contribution in [3.05, 3.63) is 17.5 Å². The monoisotopic (exact) mass is 313 g/mol. The van der Waals surface area contributed by atoms with Gasteiger partial charge in [0.1, 0.15) is 0 Å². The van der Waals surface area contributed by atoms with Crippen LogP contribution >= 0.6 is 15.9 Å². The Morgan fingerprint density at radius 2 is 2.00 bits per heavy atom. The molecule has 4 heteroatoms. The lowest BCUT2D eigenvalue weighted by Crippen LogP contribution is -2.29. The van der Waals surface area contributed by atoms with E-state index in [4.69, 9.17) is 4.98 Å². The number of aromatic nitrogens is 2. The van der Waals surface area contributed by atoms with Crippen molar-refractivity contribution in [1.29, 1.82) is 0 Å². The van der Waals surface area contributed by atoms with Gasteiger partial charge in [0.25, 0.3) is 0 Å². The van der Waals surface area contributed by atoms with Crippen molar-refractivity contribution in [2.45, 2.75) is 46.5 Å². The number of alkyl halides is 1. The third-order valence-electron chi connectivity index (χ3n) is 2.87. The summed E-state index contributed by atoms with van der Waals surface area (Å²) in [6.45, 7) is 10.6.